The van der Waals surface area contributed by atoms with Gasteiger partial charge in [0, 0.05) is 11.4 Å². The summed E-state index contributed by atoms with van der Waals surface area (Å²) in [4.78, 5) is 24.7. The van der Waals surface area contributed by atoms with Gasteiger partial charge < -0.3 is 15.4 Å². The lowest BCUT2D eigenvalue weighted by molar-refractivity contribution is -0.118. The summed E-state index contributed by atoms with van der Waals surface area (Å²) in [5, 5.41) is 15.2. The van der Waals surface area contributed by atoms with Crippen LogP contribution in [-0.4, -0.2) is 18.4 Å². The number of rotatable bonds is 7. The number of nitrogens with one attached hydrogen (secondary N) is 2. The summed E-state index contributed by atoms with van der Waals surface area (Å²) in [6.45, 7) is 3.55. The summed E-state index contributed by atoms with van der Waals surface area (Å²) in [6.07, 6.45) is 1.44. The molecule has 2 amide bonds. The van der Waals surface area contributed by atoms with Crippen LogP contribution in [-0.2, 0) is 9.59 Å². The van der Waals surface area contributed by atoms with Crippen LogP contribution >= 0.6 is 11.6 Å². The van der Waals surface area contributed by atoms with Crippen LogP contribution in [0.25, 0.3) is 6.08 Å². The Morgan fingerprint density at radius 1 is 0.970 bits per heavy atom. The van der Waals surface area contributed by atoms with E-state index in [4.69, 9.17) is 16.3 Å². The molecule has 0 aliphatic heterocycles. The average Bonchev–Trinajstić information content (AvgIpc) is 2.80. The fourth-order valence-electron chi connectivity index (χ4n) is 2.98. The van der Waals surface area contributed by atoms with Crippen LogP contribution in [0.5, 0.6) is 5.75 Å². The SMILES string of the molecule is Cc1ccccc1NC(=O)COc1ccc(/C=C(/C#N)C(=O)Nc2ccccc2C)cc1Cl. The first-order chi connectivity index (χ1) is 15.9. The molecule has 7 heteroatoms. The van der Waals surface area contributed by atoms with Gasteiger partial charge in [0.1, 0.15) is 17.4 Å². The second-order valence-corrected chi connectivity index (χ2v) is 7.69. The van der Waals surface area contributed by atoms with Gasteiger partial charge in [0.25, 0.3) is 11.8 Å². The minimum Gasteiger partial charge on any atom is -0.482 e. The first-order valence-corrected chi connectivity index (χ1v) is 10.5. The highest BCUT2D eigenvalue weighted by Crippen LogP contribution is 2.27. The maximum absolute atomic E-state index is 12.5. The number of benzene rings is 3. The van der Waals surface area contributed by atoms with Gasteiger partial charge in [0.05, 0.1) is 5.02 Å². The molecule has 0 saturated carbocycles. The Morgan fingerprint density at radius 2 is 1.58 bits per heavy atom. The van der Waals surface area contributed by atoms with Gasteiger partial charge in [-0.3, -0.25) is 9.59 Å². The lowest BCUT2D eigenvalue weighted by atomic mass is 10.1. The molecule has 0 aliphatic carbocycles. The van der Waals surface area contributed by atoms with Crippen molar-refractivity contribution in [3.8, 4) is 11.8 Å². The van der Waals surface area contributed by atoms with Gasteiger partial charge in [-0.15, -0.1) is 0 Å². The second kappa shape index (κ2) is 11.0. The predicted octanol–water partition coefficient (Wildman–Crippen LogP) is 5.52. The highest BCUT2D eigenvalue weighted by atomic mass is 35.5. The van der Waals surface area contributed by atoms with Gasteiger partial charge in [0.2, 0.25) is 0 Å². The summed E-state index contributed by atoms with van der Waals surface area (Å²) in [5.74, 6) is -0.517. The van der Waals surface area contributed by atoms with E-state index in [1.165, 1.54) is 6.08 Å². The molecule has 166 valence electrons. The van der Waals surface area contributed by atoms with Crippen LogP contribution in [0.2, 0.25) is 5.02 Å². The minimum atomic E-state index is -0.517. The first-order valence-electron chi connectivity index (χ1n) is 10.1. The molecule has 2 N–H and O–H groups in total. The van der Waals surface area contributed by atoms with Crippen molar-refractivity contribution < 1.29 is 14.3 Å². The van der Waals surface area contributed by atoms with E-state index < -0.39 is 5.91 Å². The van der Waals surface area contributed by atoms with E-state index in [0.717, 1.165) is 11.1 Å². The Kier molecular flexibility index (Phi) is 7.85. The van der Waals surface area contributed by atoms with Crippen molar-refractivity contribution in [2.45, 2.75) is 13.8 Å². The molecular formula is C26H22ClN3O3. The maximum Gasteiger partial charge on any atom is 0.266 e. The summed E-state index contributed by atoms with van der Waals surface area (Å²) in [6, 6.07) is 21.5. The number of ether oxygens (including phenoxy) is 1. The number of amides is 2. The topological polar surface area (TPSA) is 91.2 Å². The van der Waals surface area contributed by atoms with E-state index in [-0.39, 0.29) is 23.1 Å². The number of nitriles is 1. The van der Waals surface area contributed by atoms with Crippen LogP contribution in [0.4, 0.5) is 11.4 Å². The Hall–Kier alpha value is -4.08. The zero-order valence-electron chi connectivity index (χ0n) is 18.2. The Morgan fingerprint density at radius 3 is 2.15 bits per heavy atom. The van der Waals surface area contributed by atoms with Gasteiger partial charge in [-0.25, -0.2) is 0 Å². The zero-order chi connectivity index (χ0) is 23.8. The van der Waals surface area contributed by atoms with Crippen LogP contribution in [0.1, 0.15) is 16.7 Å². The standard InChI is InChI=1S/C26H22ClN3O3/c1-17-7-3-5-9-22(17)29-25(31)16-33-24-12-11-19(14-21(24)27)13-20(15-28)26(32)30-23-10-6-4-8-18(23)2/h3-14H,16H2,1-2H3,(H,29,31)(H,30,32)/b20-13-. The normalized spacial score (nSPS) is 10.8. The third-order valence-corrected chi connectivity index (χ3v) is 5.10. The fraction of sp³-hybridized carbons (Fsp3) is 0.115. The summed E-state index contributed by atoms with van der Waals surface area (Å²) < 4.78 is 5.53. The van der Waals surface area contributed by atoms with Gasteiger partial charge in [0.15, 0.2) is 6.61 Å². The third kappa shape index (κ3) is 6.45. The van der Waals surface area contributed by atoms with Crippen molar-refractivity contribution in [2.75, 3.05) is 17.2 Å². The first kappa shape index (κ1) is 23.6. The molecule has 0 radical (unpaired) electrons. The Labute approximate surface area is 197 Å². The molecule has 6 nitrogen and oxygen atoms in total. The molecular weight excluding hydrogens is 438 g/mol. The number of aryl methyl sites for hydroxylation is 2. The van der Waals surface area contributed by atoms with Gasteiger partial charge in [-0.2, -0.15) is 5.26 Å². The maximum atomic E-state index is 12.5. The molecule has 0 aliphatic rings. The van der Waals surface area contributed by atoms with Gasteiger partial charge in [-0.05, 0) is 60.9 Å². The molecule has 0 aromatic heterocycles. The predicted molar refractivity (Wildman–Crippen MR) is 130 cm³/mol. The van der Waals surface area contributed by atoms with Gasteiger partial charge >= 0.3 is 0 Å². The van der Waals surface area contributed by atoms with Crippen LogP contribution in [0.3, 0.4) is 0 Å². The smallest absolute Gasteiger partial charge is 0.266 e. The third-order valence-electron chi connectivity index (χ3n) is 4.80. The van der Waals surface area contributed by atoms with Crippen molar-refractivity contribution in [1.29, 1.82) is 5.26 Å². The van der Waals surface area contributed by atoms with Crippen molar-refractivity contribution >= 4 is 40.9 Å². The lowest BCUT2D eigenvalue weighted by Gasteiger charge is -2.11. The molecule has 0 fully saturated rings. The molecule has 3 aromatic carbocycles. The van der Waals surface area contributed by atoms with E-state index in [1.807, 2.05) is 56.3 Å². The molecule has 0 unspecified atom stereocenters. The molecule has 0 saturated heterocycles. The number of carbonyl (C=O) groups excluding carboxylic acids is 2. The van der Waals surface area contributed by atoms with Crippen LogP contribution in [0, 0.1) is 25.2 Å². The monoisotopic (exact) mass is 459 g/mol. The van der Waals surface area contributed by atoms with E-state index >= 15 is 0 Å². The number of nitrogens with zero attached hydrogens (tertiary/aromatic N) is 1. The Balaban J connectivity index is 1.65. The molecule has 0 bridgehead atoms. The van der Waals surface area contributed by atoms with Crippen molar-refractivity contribution in [3.63, 3.8) is 0 Å². The van der Waals surface area contributed by atoms with Crippen LogP contribution < -0.4 is 15.4 Å². The lowest BCUT2D eigenvalue weighted by Crippen LogP contribution is -2.20. The summed E-state index contributed by atoms with van der Waals surface area (Å²) >= 11 is 6.29. The van der Waals surface area contributed by atoms with E-state index in [2.05, 4.69) is 10.6 Å². The minimum absolute atomic E-state index is 0.0689. The number of hydrogen-bond donors (Lipinski definition) is 2. The molecule has 0 atom stereocenters. The highest BCUT2D eigenvalue weighted by molar-refractivity contribution is 6.32. The molecule has 3 rings (SSSR count). The zero-order valence-corrected chi connectivity index (χ0v) is 18.9. The molecule has 0 spiro atoms. The summed E-state index contributed by atoms with van der Waals surface area (Å²) in [5.41, 5.74) is 3.66. The number of para-hydroxylation sites is 2. The number of hydrogen-bond acceptors (Lipinski definition) is 4. The average molecular weight is 460 g/mol. The van der Waals surface area contributed by atoms with E-state index in [1.54, 1.807) is 30.3 Å². The van der Waals surface area contributed by atoms with Crippen molar-refractivity contribution in [1.82, 2.24) is 0 Å². The van der Waals surface area contributed by atoms with E-state index in [9.17, 15) is 14.9 Å². The fourth-order valence-corrected chi connectivity index (χ4v) is 3.23. The molecule has 3 aromatic rings. The van der Waals surface area contributed by atoms with Crippen molar-refractivity contribution in [2.24, 2.45) is 0 Å². The van der Waals surface area contributed by atoms with Gasteiger partial charge in [-0.1, -0.05) is 54.1 Å². The molecule has 0 heterocycles. The van der Waals surface area contributed by atoms with E-state index in [0.29, 0.717) is 22.7 Å². The largest absolute Gasteiger partial charge is 0.482 e. The second-order valence-electron chi connectivity index (χ2n) is 7.28. The van der Waals surface area contributed by atoms with Crippen molar-refractivity contribution in [3.05, 3.63) is 94.0 Å². The quantitative estimate of drug-likeness (QED) is 0.359. The number of halogens is 1. The van der Waals surface area contributed by atoms with Crippen LogP contribution in [0.15, 0.2) is 72.3 Å². The number of carbonyl (C=O) groups is 2. The Bertz CT molecular complexity index is 1260. The highest BCUT2D eigenvalue weighted by Gasteiger charge is 2.12. The summed E-state index contributed by atoms with van der Waals surface area (Å²) in [7, 11) is 0. The molecule has 33 heavy (non-hydrogen) atoms. The number of anilines is 2.